The van der Waals surface area contributed by atoms with Crippen LogP contribution in [0.5, 0.6) is 11.5 Å². The fourth-order valence-electron chi connectivity index (χ4n) is 2.84. The van der Waals surface area contributed by atoms with Crippen molar-refractivity contribution < 1.29 is 9.47 Å². The second-order valence-corrected chi connectivity index (χ2v) is 5.06. The first-order valence-electron chi connectivity index (χ1n) is 6.66. The van der Waals surface area contributed by atoms with Crippen LogP contribution in [0.2, 0.25) is 0 Å². The third kappa shape index (κ3) is 1.97. The highest BCUT2D eigenvalue weighted by Gasteiger charge is 2.39. The Hall–Kier alpha value is -1.22. The molecule has 0 radical (unpaired) electrons. The first-order chi connectivity index (χ1) is 8.70. The number of rotatable bonds is 5. The van der Waals surface area contributed by atoms with Crippen LogP contribution in [0.3, 0.4) is 0 Å². The summed E-state index contributed by atoms with van der Waals surface area (Å²) >= 11 is 0. The van der Waals surface area contributed by atoms with Crippen molar-refractivity contribution >= 4 is 0 Å². The lowest BCUT2D eigenvalue weighted by atomic mass is 9.64. The van der Waals surface area contributed by atoms with Crippen LogP contribution in [0.15, 0.2) is 12.1 Å². The number of aryl methyl sites for hydroxylation is 1. The van der Waals surface area contributed by atoms with Crippen LogP contribution >= 0.6 is 0 Å². The number of nitrogens with two attached hydrogens (primary N) is 1. The van der Waals surface area contributed by atoms with Crippen molar-refractivity contribution in [3.05, 3.63) is 23.3 Å². The SMILES string of the molecule is CCc1cc(C2(CN)CCC2)c(OC)cc1OC. The van der Waals surface area contributed by atoms with Crippen molar-refractivity contribution in [1.82, 2.24) is 0 Å². The Morgan fingerprint density at radius 3 is 2.22 bits per heavy atom. The van der Waals surface area contributed by atoms with Gasteiger partial charge in [0.25, 0.3) is 0 Å². The quantitative estimate of drug-likeness (QED) is 0.872. The topological polar surface area (TPSA) is 44.5 Å². The Morgan fingerprint density at radius 1 is 1.17 bits per heavy atom. The Labute approximate surface area is 109 Å². The fourth-order valence-corrected chi connectivity index (χ4v) is 2.84. The van der Waals surface area contributed by atoms with E-state index in [9.17, 15) is 0 Å². The molecule has 2 N–H and O–H groups in total. The molecule has 0 heterocycles. The molecule has 0 aliphatic heterocycles. The first kappa shape index (κ1) is 13.2. The van der Waals surface area contributed by atoms with Crippen molar-refractivity contribution in [1.29, 1.82) is 0 Å². The molecule has 0 unspecified atom stereocenters. The van der Waals surface area contributed by atoms with E-state index in [0.29, 0.717) is 6.54 Å². The lowest BCUT2D eigenvalue weighted by Crippen LogP contribution is -2.41. The molecule has 3 nitrogen and oxygen atoms in total. The van der Waals surface area contributed by atoms with Crippen LogP contribution in [0.1, 0.15) is 37.3 Å². The van der Waals surface area contributed by atoms with Gasteiger partial charge in [0.2, 0.25) is 0 Å². The maximum absolute atomic E-state index is 6.00. The molecular formula is C15H23NO2. The minimum absolute atomic E-state index is 0.127. The molecule has 0 atom stereocenters. The van der Waals surface area contributed by atoms with Crippen molar-refractivity contribution in [3.63, 3.8) is 0 Å². The summed E-state index contributed by atoms with van der Waals surface area (Å²) in [6.45, 7) is 2.84. The molecule has 0 saturated heterocycles. The lowest BCUT2D eigenvalue weighted by Gasteiger charge is -2.42. The van der Waals surface area contributed by atoms with Gasteiger partial charge in [0.15, 0.2) is 0 Å². The highest BCUT2D eigenvalue weighted by molar-refractivity contribution is 5.51. The van der Waals surface area contributed by atoms with Crippen molar-refractivity contribution in [3.8, 4) is 11.5 Å². The lowest BCUT2D eigenvalue weighted by molar-refractivity contribution is 0.242. The van der Waals surface area contributed by atoms with Gasteiger partial charge in [0.05, 0.1) is 14.2 Å². The predicted molar refractivity (Wildman–Crippen MR) is 73.5 cm³/mol. The zero-order valence-corrected chi connectivity index (χ0v) is 11.6. The van der Waals surface area contributed by atoms with Gasteiger partial charge in [-0.05, 0) is 30.9 Å². The molecule has 2 rings (SSSR count). The van der Waals surface area contributed by atoms with E-state index in [1.807, 2.05) is 6.07 Å². The second-order valence-electron chi connectivity index (χ2n) is 5.06. The van der Waals surface area contributed by atoms with Crippen LogP contribution in [0.4, 0.5) is 0 Å². The van der Waals surface area contributed by atoms with Crippen molar-refractivity contribution in [2.75, 3.05) is 20.8 Å². The third-order valence-corrected chi connectivity index (χ3v) is 4.26. The van der Waals surface area contributed by atoms with Gasteiger partial charge in [-0.1, -0.05) is 13.3 Å². The summed E-state index contributed by atoms with van der Waals surface area (Å²) in [5.74, 6) is 1.82. The van der Waals surface area contributed by atoms with E-state index in [1.54, 1.807) is 14.2 Å². The van der Waals surface area contributed by atoms with Gasteiger partial charge in [-0.2, -0.15) is 0 Å². The van der Waals surface area contributed by atoms with E-state index >= 15 is 0 Å². The molecule has 18 heavy (non-hydrogen) atoms. The summed E-state index contributed by atoms with van der Waals surface area (Å²) in [6.07, 6.45) is 4.54. The van der Waals surface area contributed by atoms with E-state index in [-0.39, 0.29) is 5.41 Å². The van der Waals surface area contributed by atoms with Gasteiger partial charge < -0.3 is 15.2 Å². The Balaban J connectivity index is 2.51. The Morgan fingerprint density at radius 2 is 1.83 bits per heavy atom. The largest absolute Gasteiger partial charge is 0.496 e. The van der Waals surface area contributed by atoms with Gasteiger partial charge in [-0.3, -0.25) is 0 Å². The number of benzene rings is 1. The average molecular weight is 249 g/mol. The molecule has 1 aliphatic carbocycles. The standard InChI is InChI=1S/C15H23NO2/c1-4-11-8-12(15(10-16)6-5-7-15)14(18-3)9-13(11)17-2/h8-9H,4-7,10,16H2,1-3H3. The summed E-state index contributed by atoms with van der Waals surface area (Å²) in [4.78, 5) is 0. The molecule has 1 aromatic rings. The average Bonchev–Trinajstić information content (AvgIpc) is 2.37. The Bertz CT molecular complexity index is 419. The van der Waals surface area contributed by atoms with Gasteiger partial charge in [0, 0.05) is 23.6 Å². The zero-order chi connectivity index (χ0) is 13.2. The van der Waals surface area contributed by atoms with Crippen molar-refractivity contribution in [2.45, 2.75) is 38.0 Å². The molecule has 100 valence electrons. The minimum atomic E-state index is 0.127. The van der Waals surface area contributed by atoms with Gasteiger partial charge in [-0.15, -0.1) is 0 Å². The normalized spacial score (nSPS) is 17.1. The molecule has 1 aromatic carbocycles. The third-order valence-electron chi connectivity index (χ3n) is 4.26. The molecule has 1 fully saturated rings. The summed E-state index contributed by atoms with van der Waals surface area (Å²) in [5, 5.41) is 0. The minimum Gasteiger partial charge on any atom is -0.496 e. The van der Waals surface area contributed by atoms with Crippen molar-refractivity contribution in [2.24, 2.45) is 5.73 Å². The molecule has 0 amide bonds. The molecule has 0 spiro atoms. The van der Waals surface area contributed by atoms with E-state index < -0.39 is 0 Å². The number of hydrogen-bond acceptors (Lipinski definition) is 3. The summed E-state index contributed by atoms with van der Waals surface area (Å²) < 4.78 is 11.0. The number of methoxy groups -OCH3 is 2. The smallest absolute Gasteiger partial charge is 0.126 e. The summed E-state index contributed by atoms with van der Waals surface area (Å²) in [7, 11) is 3.42. The number of hydrogen-bond donors (Lipinski definition) is 1. The zero-order valence-electron chi connectivity index (χ0n) is 11.6. The van der Waals surface area contributed by atoms with Crippen LogP contribution in [0.25, 0.3) is 0 Å². The summed E-state index contributed by atoms with van der Waals surface area (Å²) in [5.41, 5.74) is 8.62. The highest BCUT2D eigenvalue weighted by atomic mass is 16.5. The van der Waals surface area contributed by atoms with Crippen LogP contribution < -0.4 is 15.2 Å². The second kappa shape index (κ2) is 5.19. The molecule has 1 aliphatic rings. The van der Waals surface area contributed by atoms with Crippen LogP contribution in [-0.4, -0.2) is 20.8 Å². The van der Waals surface area contributed by atoms with E-state index in [4.69, 9.17) is 15.2 Å². The first-order valence-corrected chi connectivity index (χ1v) is 6.66. The van der Waals surface area contributed by atoms with E-state index in [0.717, 1.165) is 30.8 Å². The number of ether oxygens (including phenoxy) is 2. The van der Waals surface area contributed by atoms with Gasteiger partial charge in [0.1, 0.15) is 11.5 Å². The maximum Gasteiger partial charge on any atom is 0.126 e. The fraction of sp³-hybridized carbons (Fsp3) is 0.600. The predicted octanol–water partition coefficient (Wildman–Crippen LogP) is 2.65. The highest BCUT2D eigenvalue weighted by Crippen LogP contribution is 2.48. The summed E-state index contributed by atoms with van der Waals surface area (Å²) in [6, 6.07) is 4.23. The Kier molecular flexibility index (Phi) is 3.81. The van der Waals surface area contributed by atoms with E-state index in [1.165, 1.54) is 17.5 Å². The van der Waals surface area contributed by atoms with Crippen LogP contribution in [0, 0.1) is 0 Å². The van der Waals surface area contributed by atoms with Gasteiger partial charge >= 0.3 is 0 Å². The maximum atomic E-state index is 6.00. The monoisotopic (exact) mass is 249 g/mol. The van der Waals surface area contributed by atoms with E-state index in [2.05, 4.69) is 13.0 Å². The molecule has 0 aromatic heterocycles. The molecule has 3 heteroatoms. The van der Waals surface area contributed by atoms with Gasteiger partial charge in [-0.25, -0.2) is 0 Å². The van der Waals surface area contributed by atoms with Crippen LogP contribution in [-0.2, 0) is 11.8 Å². The molecular weight excluding hydrogens is 226 g/mol. The molecule has 1 saturated carbocycles. The molecule has 0 bridgehead atoms.